The normalized spacial score (nSPS) is 11.5. The maximum Gasteiger partial charge on any atom is 0.0725 e. The minimum atomic E-state index is 0.632. The first kappa shape index (κ1) is 10.2. The Morgan fingerprint density at radius 2 is 1.92 bits per heavy atom. The summed E-state index contributed by atoms with van der Waals surface area (Å²) < 4.78 is 2.02. The Kier molecular flexibility index (Phi) is 3.46. The van der Waals surface area contributed by atoms with Crippen LogP contribution < -0.4 is 0 Å². The molecule has 0 aliphatic carbocycles. The maximum atomic E-state index is 4.08. The van der Waals surface area contributed by atoms with E-state index in [-0.39, 0.29) is 0 Å². The molecule has 0 saturated carbocycles. The van der Waals surface area contributed by atoms with E-state index in [1.807, 2.05) is 10.9 Å². The summed E-state index contributed by atoms with van der Waals surface area (Å²) in [6.07, 6.45) is 2.95. The molecule has 1 aromatic heterocycles. The average Bonchev–Trinajstić information content (AvgIpc) is 2.34. The van der Waals surface area contributed by atoms with Crippen molar-refractivity contribution >= 4 is 0 Å². The molecule has 0 saturated heterocycles. The second-order valence-electron chi connectivity index (χ2n) is 4.40. The van der Waals surface area contributed by atoms with Gasteiger partial charge in [-0.1, -0.05) is 32.9 Å². The van der Waals surface area contributed by atoms with Crippen LogP contribution in [0.5, 0.6) is 0 Å². The average molecular weight is 181 g/mol. The first-order chi connectivity index (χ1) is 6.09. The molecule has 0 aliphatic rings. The van der Waals surface area contributed by atoms with Crippen molar-refractivity contribution in [2.75, 3.05) is 0 Å². The predicted octanol–water partition coefficient (Wildman–Crippen LogP) is 2.13. The molecule has 0 radical (unpaired) electrons. The SMILES string of the molecule is CC(C)Cc1cnnn1CC(C)C. The highest BCUT2D eigenvalue weighted by Gasteiger charge is 2.06. The Balaban J connectivity index is 2.65. The summed E-state index contributed by atoms with van der Waals surface area (Å²) in [6, 6.07) is 0. The van der Waals surface area contributed by atoms with Gasteiger partial charge in [0.15, 0.2) is 0 Å². The molecule has 0 fully saturated rings. The second kappa shape index (κ2) is 4.40. The van der Waals surface area contributed by atoms with E-state index >= 15 is 0 Å². The van der Waals surface area contributed by atoms with Crippen LogP contribution in [0, 0.1) is 11.8 Å². The Morgan fingerprint density at radius 1 is 1.23 bits per heavy atom. The van der Waals surface area contributed by atoms with Gasteiger partial charge < -0.3 is 0 Å². The van der Waals surface area contributed by atoms with E-state index in [0.29, 0.717) is 11.8 Å². The third kappa shape index (κ3) is 3.17. The van der Waals surface area contributed by atoms with Gasteiger partial charge in [-0.15, -0.1) is 5.10 Å². The molecule has 0 spiro atoms. The van der Waals surface area contributed by atoms with Gasteiger partial charge in [-0.3, -0.25) is 0 Å². The molecular formula is C10H19N3. The summed E-state index contributed by atoms with van der Waals surface area (Å²) in [5.74, 6) is 1.30. The molecule has 0 atom stereocenters. The second-order valence-corrected chi connectivity index (χ2v) is 4.40. The van der Waals surface area contributed by atoms with Crippen molar-refractivity contribution in [3.63, 3.8) is 0 Å². The lowest BCUT2D eigenvalue weighted by atomic mass is 10.1. The zero-order chi connectivity index (χ0) is 9.84. The summed E-state index contributed by atoms with van der Waals surface area (Å²) in [5.41, 5.74) is 1.25. The van der Waals surface area contributed by atoms with Crippen LogP contribution in [0.25, 0.3) is 0 Å². The molecule has 0 bridgehead atoms. The molecule has 74 valence electrons. The van der Waals surface area contributed by atoms with Crippen LogP contribution in [0.1, 0.15) is 33.4 Å². The molecule has 0 N–H and O–H groups in total. The monoisotopic (exact) mass is 181 g/mol. The minimum Gasteiger partial charge on any atom is -0.249 e. The third-order valence-electron chi connectivity index (χ3n) is 1.85. The molecule has 0 aliphatic heterocycles. The van der Waals surface area contributed by atoms with E-state index in [0.717, 1.165) is 13.0 Å². The summed E-state index contributed by atoms with van der Waals surface area (Å²) >= 11 is 0. The lowest BCUT2D eigenvalue weighted by molar-refractivity contribution is 0.449. The number of hydrogen-bond acceptors (Lipinski definition) is 2. The maximum absolute atomic E-state index is 4.08. The van der Waals surface area contributed by atoms with Gasteiger partial charge in [-0.05, 0) is 18.3 Å². The zero-order valence-electron chi connectivity index (χ0n) is 8.99. The number of nitrogens with zero attached hydrogens (tertiary/aromatic N) is 3. The molecule has 3 nitrogen and oxygen atoms in total. The molecule has 1 aromatic rings. The van der Waals surface area contributed by atoms with Crippen LogP contribution in [0.2, 0.25) is 0 Å². The Bertz CT molecular complexity index is 226. The largest absolute Gasteiger partial charge is 0.249 e. The smallest absolute Gasteiger partial charge is 0.0725 e. The van der Waals surface area contributed by atoms with Crippen LogP contribution in [0.15, 0.2) is 6.20 Å². The number of hydrogen-bond donors (Lipinski definition) is 0. The fourth-order valence-electron chi connectivity index (χ4n) is 1.35. The van der Waals surface area contributed by atoms with Gasteiger partial charge in [0.05, 0.1) is 11.9 Å². The van der Waals surface area contributed by atoms with Gasteiger partial charge in [-0.2, -0.15) is 0 Å². The van der Waals surface area contributed by atoms with Gasteiger partial charge in [0.1, 0.15) is 0 Å². The van der Waals surface area contributed by atoms with Crippen molar-refractivity contribution in [2.24, 2.45) is 11.8 Å². The van der Waals surface area contributed by atoms with E-state index in [2.05, 4.69) is 38.0 Å². The van der Waals surface area contributed by atoms with Gasteiger partial charge >= 0.3 is 0 Å². The van der Waals surface area contributed by atoms with E-state index in [1.54, 1.807) is 0 Å². The fourth-order valence-corrected chi connectivity index (χ4v) is 1.35. The van der Waals surface area contributed by atoms with Crippen LogP contribution in [0.3, 0.4) is 0 Å². The number of rotatable bonds is 4. The zero-order valence-corrected chi connectivity index (χ0v) is 8.99. The highest BCUT2D eigenvalue weighted by molar-refractivity contribution is 4.94. The molecule has 1 rings (SSSR count). The summed E-state index contributed by atoms with van der Waals surface area (Å²) in [6.45, 7) is 9.79. The molecule has 3 heteroatoms. The molecule has 0 amide bonds. The van der Waals surface area contributed by atoms with Crippen LogP contribution in [-0.4, -0.2) is 15.0 Å². The van der Waals surface area contributed by atoms with Gasteiger partial charge in [0.25, 0.3) is 0 Å². The van der Waals surface area contributed by atoms with Crippen LogP contribution >= 0.6 is 0 Å². The number of aromatic nitrogens is 3. The Labute approximate surface area is 80.1 Å². The molecular weight excluding hydrogens is 162 g/mol. The van der Waals surface area contributed by atoms with Crippen LogP contribution in [-0.2, 0) is 13.0 Å². The van der Waals surface area contributed by atoms with Crippen molar-refractivity contribution in [1.82, 2.24) is 15.0 Å². The lowest BCUT2D eigenvalue weighted by Gasteiger charge is -2.09. The first-order valence-corrected chi connectivity index (χ1v) is 4.97. The fraction of sp³-hybridized carbons (Fsp3) is 0.800. The van der Waals surface area contributed by atoms with Crippen LogP contribution in [0.4, 0.5) is 0 Å². The topological polar surface area (TPSA) is 30.7 Å². The van der Waals surface area contributed by atoms with E-state index < -0.39 is 0 Å². The van der Waals surface area contributed by atoms with Crippen molar-refractivity contribution in [3.8, 4) is 0 Å². The van der Waals surface area contributed by atoms with Gasteiger partial charge in [0, 0.05) is 6.54 Å². The first-order valence-electron chi connectivity index (χ1n) is 4.97. The highest BCUT2D eigenvalue weighted by atomic mass is 15.4. The Morgan fingerprint density at radius 3 is 2.46 bits per heavy atom. The summed E-state index contributed by atoms with van der Waals surface area (Å²) in [7, 11) is 0. The molecule has 1 heterocycles. The van der Waals surface area contributed by atoms with Crippen molar-refractivity contribution in [2.45, 2.75) is 40.7 Å². The predicted molar refractivity (Wildman–Crippen MR) is 53.4 cm³/mol. The van der Waals surface area contributed by atoms with Gasteiger partial charge in [-0.25, -0.2) is 4.68 Å². The molecule has 0 aromatic carbocycles. The summed E-state index contributed by atoms with van der Waals surface area (Å²) in [4.78, 5) is 0. The molecule has 0 unspecified atom stereocenters. The standard InChI is InChI=1S/C10H19N3/c1-8(2)5-10-6-11-12-13(10)7-9(3)4/h6,8-9H,5,7H2,1-4H3. The van der Waals surface area contributed by atoms with Crippen molar-refractivity contribution in [3.05, 3.63) is 11.9 Å². The Hall–Kier alpha value is -0.860. The van der Waals surface area contributed by atoms with E-state index in [4.69, 9.17) is 0 Å². The van der Waals surface area contributed by atoms with Crippen molar-refractivity contribution < 1.29 is 0 Å². The highest BCUT2D eigenvalue weighted by Crippen LogP contribution is 2.07. The minimum absolute atomic E-state index is 0.632. The van der Waals surface area contributed by atoms with Crippen molar-refractivity contribution in [1.29, 1.82) is 0 Å². The third-order valence-corrected chi connectivity index (χ3v) is 1.85. The van der Waals surface area contributed by atoms with E-state index in [9.17, 15) is 0 Å². The lowest BCUT2D eigenvalue weighted by Crippen LogP contribution is -2.11. The quantitative estimate of drug-likeness (QED) is 0.712. The van der Waals surface area contributed by atoms with E-state index in [1.165, 1.54) is 5.69 Å². The summed E-state index contributed by atoms with van der Waals surface area (Å²) in [5, 5.41) is 8.02. The van der Waals surface area contributed by atoms with Gasteiger partial charge in [0.2, 0.25) is 0 Å². The molecule has 13 heavy (non-hydrogen) atoms.